The van der Waals surface area contributed by atoms with Gasteiger partial charge in [0.2, 0.25) is 11.0 Å². The molecule has 0 aliphatic heterocycles. The van der Waals surface area contributed by atoms with E-state index in [-0.39, 0.29) is 18.0 Å². The molecule has 1 unspecified atom stereocenters. The zero-order chi connectivity index (χ0) is 27.7. The summed E-state index contributed by atoms with van der Waals surface area (Å²) in [5, 5.41) is 37.4. The van der Waals surface area contributed by atoms with Crippen LogP contribution in [0.5, 0.6) is 5.75 Å². The molecule has 0 bridgehead atoms. The van der Waals surface area contributed by atoms with E-state index in [4.69, 9.17) is 0 Å². The topological polar surface area (TPSA) is 140 Å². The molecule has 39 heavy (non-hydrogen) atoms. The number of benzene rings is 1. The first-order valence-corrected chi connectivity index (χ1v) is 12.7. The highest BCUT2D eigenvalue weighted by molar-refractivity contribution is 7.15. The summed E-state index contributed by atoms with van der Waals surface area (Å²) in [5.74, 6) is -0.587. The van der Waals surface area contributed by atoms with Crippen molar-refractivity contribution in [1.29, 1.82) is 0 Å². The maximum atomic E-state index is 12.4. The summed E-state index contributed by atoms with van der Waals surface area (Å²) in [5.41, 5.74) is 1.12. The summed E-state index contributed by atoms with van der Waals surface area (Å²) in [7, 11) is 0. The Balaban J connectivity index is 1.15. The van der Waals surface area contributed by atoms with Crippen LogP contribution in [0, 0.1) is 0 Å². The molecule has 0 saturated heterocycles. The fourth-order valence-corrected chi connectivity index (χ4v) is 4.38. The molecule has 3 N–H and O–H groups in total. The average molecular weight is 563 g/mol. The van der Waals surface area contributed by atoms with Gasteiger partial charge in [0, 0.05) is 18.8 Å². The lowest BCUT2D eigenvalue weighted by Gasteiger charge is -2.10. The Morgan fingerprint density at radius 1 is 1.08 bits per heavy atom. The SMILES string of the molecule is O=C(Cc1cccc(OC(F)(F)F)c1)Nc1ccc(CCCCc2nnc(NC(O)Cn3cccn3)s2)nn1. The number of anilines is 2. The minimum absolute atomic E-state index is 0.148. The number of halogens is 3. The van der Waals surface area contributed by atoms with Crippen LogP contribution < -0.4 is 15.4 Å². The van der Waals surface area contributed by atoms with Crippen LogP contribution in [0.25, 0.3) is 0 Å². The van der Waals surface area contributed by atoms with Crippen molar-refractivity contribution in [2.24, 2.45) is 0 Å². The average Bonchev–Trinajstić information content (AvgIpc) is 3.54. The van der Waals surface area contributed by atoms with E-state index in [0.717, 1.165) is 36.0 Å². The molecule has 3 heterocycles. The van der Waals surface area contributed by atoms with Crippen LogP contribution in [0.1, 0.15) is 29.1 Å². The number of unbranched alkanes of at least 4 members (excludes halogenated alkanes) is 1. The summed E-state index contributed by atoms with van der Waals surface area (Å²) in [6.07, 6.45) is 0.707. The highest BCUT2D eigenvalue weighted by atomic mass is 32.1. The van der Waals surface area contributed by atoms with Crippen LogP contribution in [0.15, 0.2) is 54.9 Å². The van der Waals surface area contributed by atoms with Crippen molar-refractivity contribution in [3.8, 4) is 5.75 Å². The lowest BCUT2D eigenvalue weighted by molar-refractivity contribution is -0.274. The number of amides is 1. The predicted molar refractivity (Wildman–Crippen MR) is 136 cm³/mol. The molecule has 0 fully saturated rings. The van der Waals surface area contributed by atoms with Crippen LogP contribution >= 0.6 is 11.3 Å². The maximum Gasteiger partial charge on any atom is 0.573 e. The number of rotatable bonds is 13. The van der Waals surface area contributed by atoms with E-state index in [2.05, 4.69) is 40.9 Å². The van der Waals surface area contributed by atoms with Crippen molar-refractivity contribution in [2.45, 2.75) is 51.2 Å². The van der Waals surface area contributed by atoms with E-state index in [1.165, 1.54) is 29.5 Å². The van der Waals surface area contributed by atoms with Crippen LogP contribution in [-0.4, -0.2) is 53.8 Å². The van der Waals surface area contributed by atoms with Gasteiger partial charge in [-0.05, 0) is 55.2 Å². The lowest BCUT2D eigenvalue weighted by atomic mass is 10.1. The van der Waals surface area contributed by atoms with Gasteiger partial charge < -0.3 is 20.5 Å². The molecular formula is C24H25F3N8O3S. The van der Waals surface area contributed by atoms with Gasteiger partial charge in [0.15, 0.2) is 5.82 Å². The fourth-order valence-electron chi connectivity index (χ4n) is 3.55. The smallest absolute Gasteiger partial charge is 0.406 e. The number of hydrogen-bond donors (Lipinski definition) is 3. The number of aliphatic hydroxyl groups excluding tert-OH is 1. The molecule has 206 valence electrons. The quantitative estimate of drug-likeness (QED) is 0.165. The largest absolute Gasteiger partial charge is 0.573 e. The Morgan fingerprint density at radius 3 is 2.67 bits per heavy atom. The first kappa shape index (κ1) is 27.9. The van der Waals surface area contributed by atoms with Crippen molar-refractivity contribution in [3.63, 3.8) is 0 Å². The number of nitrogens with zero attached hydrogens (tertiary/aromatic N) is 6. The molecule has 0 aliphatic rings. The fraction of sp³-hybridized carbons (Fsp3) is 0.333. The van der Waals surface area contributed by atoms with E-state index in [1.807, 2.05) is 0 Å². The van der Waals surface area contributed by atoms with Gasteiger partial charge in [-0.1, -0.05) is 23.5 Å². The maximum absolute atomic E-state index is 12.4. The molecule has 0 aliphatic carbocycles. The third kappa shape index (κ3) is 9.61. The van der Waals surface area contributed by atoms with Crippen LogP contribution in [0.3, 0.4) is 0 Å². The summed E-state index contributed by atoms with van der Waals surface area (Å²) >= 11 is 1.38. The zero-order valence-corrected chi connectivity index (χ0v) is 21.3. The Morgan fingerprint density at radius 2 is 1.92 bits per heavy atom. The van der Waals surface area contributed by atoms with Crippen LogP contribution in [0.2, 0.25) is 0 Å². The predicted octanol–water partition coefficient (Wildman–Crippen LogP) is 3.60. The highest BCUT2D eigenvalue weighted by Crippen LogP contribution is 2.23. The van der Waals surface area contributed by atoms with E-state index in [9.17, 15) is 23.1 Å². The number of hydrogen-bond acceptors (Lipinski definition) is 10. The minimum atomic E-state index is -4.80. The Labute approximate surface area is 225 Å². The van der Waals surface area contributed by atoms with Crippen molar-refractivity contribution in [3.05, 3.63) is 71.1 Å². The normalized spacial score (nSPS) is 12.2. The molecule has 0 saturated carbocycles. The molecule has 4 aromatic rings. The number of alkyl halides is 3. The standard InChI is InChI=1S/C24H25F3N8O3S/c25-24(26,27)38-18-7-3-5-16(13-18)14-20(36)29-19-10-9-17(31-32-19)6-1-2-8-22-33-34-23(39-22)30-21(37)15-35-12-4-11-28-35/h3-5,7,9-13,21,37H,1-2,6,8,14-15H2,(H,30,34)(H,29,32,36). The number of aromatic nitrogens is 6. The van der Waals surface area contributed by atoms with Crippen molar-refractivity contribution in [2.75, 3.05) is 10.6 Å². The van der Waals surface area contributed by atoms with Gasteiger partial charge in [0.1, 0.15) is 17.0 Å². The Hall–Kier alpha value is -4.11. The molecule has 1 atom stereocenters. The van der Waals surface area contributed by atoms with E-state index in [1.54, 1.807) is 35.3 Å². The third-order valence-corrected chi connectivity index (χ3v) is 6.15. The lowest BCUT2D eigenvalue weighted by Crippen LogP contribution is -2.25. The molecular weight excluding hydrogens is 537 g/mol. The van der Waals surface area contributed by atoms with Gasteiger partial charge in [0.25, 0.3) is 0 Å². The number of ether oxygens (including phenoxy) is 1. The Bertz CT molecular complexity index is 1330. The van der Waals surface area contributed by atoms with Gasteiger partial charge in [-0.25, -0.2) is 0 Å². The summed E-state index contributed by atoms with van der Waals surface area (Å²) in [6.45, 7) is 0.292. The van der Waals surface area contributed by atoms with Gasteiger partial charge in [-0.2, -0.15) is 10.2 Å². The molecule has 0 spiro atoms. The summed E-state index contributed by atoms with van der Waals surface area (Å²) in [4.78, 5) is 12.3. The number of carbonyl (C=O) groups is 1. The second-order valence-electron chi connectivity index (χ2n) is 8.43. The highest BCUT2D eigenvalue weighted by Gasteiger charge is 2.31. The van der Waals surface area contributed by atoms with Crippen LogP contribution in [-0.2, 0) is 30.6 Å². The molecule has 11 nitrogen and oxygen atoms in total. The van der Waals surface area contributed by atoms with Crippen molar-refractivity contribution in [1.82, 2.24) is 30.2 Å². The van der Waals surface area contributed by atoms with Crippen molar-refractivity contribution < 1.29 is 27.8 Å². The monoisotopic (exact) mass is 562 g/mol. The van der Waals surface area contributed by atoms with Crippen LogP contribution in [0.4, 0.5) is 24.1 Å². The number of nitrogens with one attached hydrogen (secondary N) is 2. The molecule has 1 aromatic carbocycles. The van der Waals surface area contributed by atoms with Gasteiger partial charge in [0.05, 0.1) is 18.7 Å². The van der Waals surface area contributed by atoms with Gasteiger partial charge in [-0.3, -0.25) is 9.48 Å². The molecule has 4 rings (SSSR count). The van der Waals surface area contributed by atoms with Gasteiger partial charge >= 0.3 is 6.36 Å². The molecule has 15 heteroatoms. The van der Waals surface area contributed by atoms with E-state index >= 15 is 0 Å². The summed E-state index contributed by atoms with van der Waals surface area (Å²) < 4.78 is 42.6. The number of carbonyl (C=O) groups excluding carboxylic acids is 1. The van der Waals surface area contributed by atoms with Gasteiger partial charge in [-0.15, -0.1) is 28.5 Å². The second kappa shape index (κ2) is 13.1. The number of aryl methyl sites for hydroxylation is 2. The second-order valence-corrected chi connectivity index (χ2v) is 9.49. The third-order valence-electron chi connectivity index (χ3n) is 5.23. The van der Waals surface area contributed by atoms with E-state index in [0.29, 0.717) is 23.7 Å². The molecule has 1 amide bonds. The van der Waals surface area contributed by atoms with E-state index < -0.39 is 18.5 Å². The first-order chi connectivity index (χ1) is 18.7. The first-order valence-electron chi connectivity index (χ1n) is 11.9. The molecule has 3 aromatic heterocycles. The Kier molecular flexibility index (Phi) is 9.38. The summed E-state index contributed by atoms with van der Waals surface area (Å²) in [6, 6.07) is 10.4. The minimum Gasteiger partial charge on any atom is -0.406 e. The molecule has 0 radical (unpaired) electrons. The number of aliphatic hydroxyl groups is 1. The van der Waals surface area contributed by atoms with Crippen molar-refractivity contribution >= 4 is 28.2 Å². The zero-order valence-electron chi connectivity index (χ0n) is 20.5.